The van der Waals surface area contributed by atoms with Crippen LogP contribution < -0.4 is 15.2 Å². The van der Waals surface area contributed by atoms with Crippen LogP contribution in [0, 0.1) is 0 Å². The van der Waals surface area contributed by atoms with Gasteiger partial charge in [0.05, 0.1) is 25.1 Å². The van der Waals surface area contributed by atoms with Crippen molar-refractivity contribution in [2.75, 3.05) is 14.2 Å². The Morgan fingerprint density at radius 2 is 1.84 bits per heavy atom. The lowest BCUT2D eigenvalue weighted by atomic mass is 9.81. The third-order valence-corrected chi connectivity index (χ3v) is 11.3. The zero-order valence-electron chi connectivity index (χ0n) is 25.5. The Balaban J connectivity index is 1.58. The van der Waals surface area contributed by atoms with Crippen molar-refractivity contribution in [3.8, 4) is 17.0 Å². The molecule has 236 valence electrons. The van der Waals surface area contributed by atoms with Gasteiger partial charge < -0.3 is 20.1 Å². The van der Waals surface area contributed by atoms with Gasteiger partial charge in [-0.2, -0.15) is 4.55 Å². The second kappa shape index (κ2) is 12.3. The number of rotatable bonds is 8. The lowest BCUT2D eigenvalue weighted by Gasteiger charge is -2.24. The molecule has 11 heteroatoms. The molecule has 3 aromatic rings. The highest BCUT2D eigenvalue weighted by atomic mass is 32.3. The number of carbonyl (C=O) groups is 2. The quantitative estimate of drug-likeness (QED) is 0.136. The molecule has 3 aliphatic rings. The molecule has 0 radical (unpaired) electrons. The average Bonchev–Trinajstić information content (AvgIpc) is 3.21. The van der Waals surface area contributed by atoms with Crippen LogP contribution in [0.2, 0.25) is 0 Å². The number of nitrogens with one attached hydrogen (secondary N) is 1. The highest BCUT2D eigenvalue weighted by Gasteiger charge is 2.44. The zero-order chi connectivity index (χ0) is 31.9. The number of amides is 1. The number of carboxylic acids is 1. The van der Waals surface area contributed by atoms with E-state index in [1.165, 1.54) is 12.0 Å². The van der Waals surface area contributed by atoms with Crippen molar-refractivity contribution in [3.05, 3.63) is 70.4 Å². The summed E-state index contributed by atoms with van der Waals surface area (Å²) in [7, 11) is -0.370. The first-order valence-corrected chi connectivity index (χ1v) is 17.0. The van der Waals surface area contributed by atoms with Crippen LogP contribution in [-0.4, -0.2) is 51.2 Å². The van der Waals surface area contributed by atoms with E-state index in [1.54, 1.807) is 26.3 Å². The fourth-order valence-corrected chi connectivity index (χ4v) is 8.50. The van der Waals surface area contributed by atoms with Crippen molar-refractivity contribution < 1.29 is 28.2 Å². The van der Waals surface area contributed by atoms with E-state index >= 15 is 0 Å². The van der Waals surface area contributed by atoms with Crippen LogP contribution >= 0.6 is 0 Å². The van der Waals surface area contributed by atoms with Crippen molar-refractivity contribution in [3.63, 3.8) is 0 Å². The number of carboxylic acid groups (broad SMARTS) is 1. The number of allylic oxidation sites excluding steroid dienone is 1. The number of ether oxygens (including phenoxy) is 1. The Morgan fingerprint density at radius 3 is 2.47 bits per heavy atom. The van der Waals surface area contributed by atoms with Gasteiger partial charge in [0.25, 0.3) is 5.91 Å². The van der Waals surface area contributed by atoms with Gasteiger partial charge in [-0.3, -0.25) is 9.79 Å². The molecule has 45 heavy (non-hydrogen) atoms. The second-order valence-electron chi connectivity index (χ2n) is 12.0. The zero-order valence-corrected chi connectivity index (χ0v) is 26.4. The van der Waals surface area contributed by atoms with Gasteiger partial charge in [-0.05, 0) is 82.5 Å². The van der Waals surface area contributed by atoms with Crippen LogP contribution in [0.3, 0.4) is 0 Å². The van der Waals surface area contributed by atoms with E-state index in [2.05, 4.69) is 14.3 Å². The largest absolute Gasteiger partial charge is 0.497 e. The summed E-state index contributed by atoms with van der Waals surface area (Å²) in [6.45, 7) is 0.261. The Hall–Kier alpha value is -4.22. The summed E-state index contributed by atoms with van der Waals surface area (Å²) in [5, 5.41) is 10.5. The molecule has 2 aliphatic carbocycles. The molecule has 1 aromatic heterocycles. The molecule has 10 nitrogen and oxygen atoms in total. The summed E-state index contributed by atoms with van der Waals surface area (Å²) in [4.78, 5) is 30.0. The van der Waals surface area contributed by atoms with E-state index in [0.717, 1.165) is 66.0 Å². The molecule has 6 rings (SSSR count). The third kappa shape index (κ3) is 5.59. The molecule has 1 atom stereocenters. The minimum absolute atomic E-state index is 0.116. The second-order valence-corrected chi connectivity index (χ2v) is 14.1. The first-order valence-electron chi connectivity index (χ1n) is 15.4. The van der Waals surface area contributed by atoms with E-state index in [0.29, 0.717) is 30.1 Å². The monoisotopic (exact) mass is 631 g/mol. The average molecular weight is 632 g/mol. The van der Waals surface area contributed by atoms with Crippen molar-refractivity contribution in [2.45, 2.75) is 69.1 Å². The number of nitrogens with zero attached hydrogens (tertiary/aromatic N) is 2. The molecule has 1 unspecified atom stereocenters. The molecule has 2 fully saturated rings. The first-order chi connectivity index (χ1) is 21.7. The highest BCUT2D eigenvalue weighted by Crippen LogP contribution is 2.47. The lowest BCUT2D eigenvalue weighted by Crippen LogP contribution is -2.46. The maximum atomic E-state index is 13.4. The summed E-state index contributed by atoms with van der Waals surface area (Å²) < 4.78 is 33.6. The summed E-state index contributed by atoms with van der Waals surface area (Å²) in [5.74, 6) is -0.835. The maximum absolute atomic E-state index is 13.4. The molecular formula is C34H39N4O6S+. The number of methoxy groups -OCH3 is 1. The summed E-state index contributed by atoms with van der Waals surface area (Å²) in [6.07, 6.45) is 10.6. The van der Waals surface area contributed by atoms with Gasteiger partial charge in [0.15, 0.2) is 5.25 Å². The molecule has 5 N–H and O–H groups in total. The molecule has 0 spiro atoms. The van der Waals surface area contributed by atoms with Crippen LogP contribution in [0.4, 0.5) is 0 Å². The number of nitrogens with two attached hydrogens (primary N) is 1. The lowest BCUT2D eigenvalue weighted by molar-refractivity contribution is -0.132. The van der Waals surface area contributed by atoms with E-state index in [4.69, 9.17) is 10.5 Å². The number of benzene rings is 2. The summed E-state index contributed by atoms with van der Waals surface area (Å²) in [6, 6.07) is 11.3. The van der Waals surface area contributed by atoms with Gasteiger partial charge in [0, 0.05) is 48.1 Å². The molecule has 2 heterocycles. The SMILES string of the molecule is CN=C(C1=Cc2cc(OC)ccc2-c2c(C3CCCCC3)c3ccc(C(=O)N[S+](=O)(O)C4CCC4)cc3n2C1)/C(=C\N)C(=O)O. The Morgan fingerprint density at radius 1 is 1.09 bits per heavy atom. The number of fused-ring (bicyclic) bond motifs is 5. The van der Waals surface area contributed by atoms with Crippen molar-refractivity contribution >= 4 is 45.0 Å². The Bertz CT molecular complexity index is 1830. The molecule has 2 aromatic carbocycles. The molecule has 2 saturated carbocycles. The van der Waals surface area contributed by atoms with E-state index in [1.807, 2.05) is 30.3 Å². The predicted octanol–water partition coefficient (Wildman–Crippen LogP) is 5.93. The van der Waals surface area contributed by atoms with Crippen LogP contribution in [-0.2, 0) is 25.9 Å². The van der Waals surface area contributed by atoms with Gasteiger partial charge in [0.1, 0.15) is 11.3 Å². The first kappa shape index (κ1) is 30.8. The van der Waals surface area contributed by atoms with Crippen molar-refractivity contribution in [2.24, 2.45) is 10.7 Å². The smallest absolute Gasteiger partial charge is 0.339 e. The van der Waals surface area contributed by atoms with E-state index in [9.17, 15) is 23.5 Å². The molecule has 0 bridgehead atoms. The number of aliphatic imine (C=N–C) groups is 1. The molecule has 1 amide bonds. The van der Waals surface area contributed by atoms with Crippen LogP contribution in [0.25, 0.3) is 28.2 Å². The van der Waals surface area contributed by atoms with Gasteiger partial charge >= 0.3 is 16.4 Å². The third-order valence-electron chi connectivity index (χ3n) is 9.47. The maximum Gasteiger partial charge on any atom is 0.339 e. The van der Waals surface area contributed by atoms with Crippen molar-refractivity contribution in [1.29, 1.82) is 0 Å². The number of aliphatic carboxylic acids is 1. The van der Waals surface area contributed by atoms with E-state index in [-0.39, 0.29) is 23.4 Å². The summed E-state index contributed by atoms with van der Waals surface area (Å²) in [5.41, 5.74) is 11.6. The predicted molar refractivity (Wildman–Crippen MR) is 177 cm³/mol. The number of hydrogen-bond donors (Lipinski definition) is 4. The minimum Gasteiger partial charge on any atom is -0.497 e. The summed E-state index contributed by atoms with van der Waals surface area (Å²) >= 11 is 0. The fraction of sp³-hybridized carbons (Fsp3) is 0.382. The Kier molecular flexibility index (Phi) is 8.41. The molecule has 1 aliphatic heterocycles. The number of aromatic nitrogens is 1. The molecular weight excluding hydrogens is 592 g/mol. The fourth-order valence-electron chi connectivity index (χ4n) is 6.98. The van der Waals surface area contributed by atoms with Crippen molar-refractivity contribution in [1.82, 2.24) is 9.29 Å². The standard InChI is InChI=1S/C34H38N4O6S/c1-36-31(28(18-35)34(40)41)23-15-22-16-24(44-2)12-14-26(22)32-30(20-7-4-3-5-8-20)27-13-11-21(17-29(27)38(32)19-23)33(39)37-45(42,43)25-9-6-10-25/h11-18,20,25H,3-10,19H2,1-2H3,(H4-,35,36,37,39,40,41,42,43)/p+1. The molecule has 0 saturated heterocycles. The topological polar surface area (TPSA) is 156 Å². The van der Waals surface area contributed by atoms with Crippen LogP contribution in [0.15, 0.2) is 58.7 Å². The highest BCUT2D eigenvalue weighted by molar-refractivity contribution is 7.97. The van der Waals surface area contributed by atoms with Crippen LogP contribution in [0.1, 0.15) is 78.8 Å². The van der Waals surface area contributed by atoms with Gasteiger partial charge in [-0.1, -0.05) is 25.3 Å². The van der Waals surface area contributed by atoms with Crippen LogP contribution in [0.5, 0.6) is 5.75 Å². The van der Waals surface area contributed by atoms with Gasteiger partial charge in [0.2, 0.25) is 0 Å². The minimum atomic E-state index is -3.52. The number of carbonyl (C=O) groups excluding carboxylic acids is 1. The number of hydrogen-bond acceptors (Lipinski definition) is 6. The van der Waals surface area contributed by atoms with Gasteiger partial charge in [-0.25, -0.2) is 4.79 Å². The van der Waals surface area contributed by atoms with Gasteiger partial charge in [-0.15, -0.1) is 4.72 Å². The van der Waals surface area contributed by atoms with E-state index < -0.39 is 27.5 Å². The normalized spacial score (nSPS) is 19.0. The Labute approximate surface area is 263 Å².